The zero-order valence-electron chi connectivity index (χ0n) is 12.6. The highest BCUT2D eigenvalue weighted by molar-refractivity contribution is 5.92. The monoisotopic (exact) mass is 343 g/mol. The predicted molar refractivity (Wildman–Crippen MR) is 79.1 cm³/mol. The van der Waals surface area contributed by atoms with Crippen molar-refractivity contribution in [2.45, 2.75) is 19.2 Å². The van der Waals surface area contributed by atoms with Crippen LogP contribution in [0.2, 0.25) is 0 Å². The number of carbonyl (C=O) groups is 2. The van der Waals surface area contributed by atoms with Gasteiger partial charge < -0.3 is 14.7 Å². The quantitative estimate of drug-likeness (QED) is 0.854. The SMILES string of the molecule is O=C(O)C1CCN(C(=O)/C=C/c2ccccc2OC(F)(F)F)CC1. The fourth-order valence-electron chi connectivity index (χ4n) is 2.45. The molecule has 0 saturated carbocycles. The highest BCUT2D eigenvalue weighted by Crippen LogP contribution is 2.27. The summed E-state index contributed by atoms with van der Waals surface area (Å²) >= 11 is 0. The Morgan fingerprint density at radius 1 is 1.21 bits per heavy atom. The van der Waals surface area contributed by atoms with Crippen molar-refractivity contribution in [2.75, 3.05) is 13.1 Å². The minimum atomic E-state index is -4.81. The van der Waals surface area contributed by atoms with Gasteiger partial charge in [-0.05, 0) is 25.0 Å². The molecule has 1 aromatic carbocycles. The molecule has 0 unspecified atom stereocenters. The summed E-state index contributed by atoms with van der Waals surface area (Å²) in [6.45, 7) is 0.613. The number of likely N-dealkylation sites (tertiary alicyclic amines) is 1. The average molecular weight is 343 g/mol. The number of aliphatic carboxylic acids is 1. The number of para-hydroxylation sites is 1. The molecule has 1 aliphatic heterocycles. The summed E-state index contributed by atoms with van der Waals surface area (Å²) in [7, 11) is 0. The minimum absolute atomic E-state index is 0.128. The predicted octanol–water partition coefficient (Wildman–Crippen LogP) is 2.92. The zero-order chi connectivity index (χ0) is 17.7. The van der Waals surface area contributed by atoms with Crippen LogP contribution < -0.4 is 4.74 Å². The van der Waals surface area contributed by atoms with Gasteiger partial charge in [-0.2, -0.15) is 0 Å². The maximum absolute atomic E-state index is 12.3. The van der Waals surface area contributed by atoms with E-state index in [1.165, 1.54) is 35.3 Å². The number of piperidine rings is 1. The lowest BCUT2D eigenvalue weighted by Gasteiger charge is -2.29. The van der Waals surface area contributed by atoms with Gasteiger partial charge in [-0.3, -0.25) is 9.59 Å². The molecule has 1 amide bonds. The second kappa shape index (κ2) is 7.37. The molecule has 1 fully saturated rings. The normalized spacial score (nSPS) is 16.4. The van der Waals surface area contributed by atoms with Crippen molar-refractivity contribution >= 4 is 18.0 Å². The molecular formula is C16H16F3NO4. The fourth-order valence-corrected chi connectivity index (χ4v) is 2.45. The van der Waals surface area contributed by atoms with Crippen LogP contribution in [0.4, 0.5) is 13.2 Å². The van der Waals surface area contributed by atoms with E-state index < -0.39 is 24.0 Å². The number of rotatable bonds is 4. The van der Waals surface area contributed by atoms with Crippen LogP contribution in [0.3, 0.4) is 0 Å². The summed E-state index contributed by atoms with van der Waals surface area (Å²) in [6.07, 6.45) is -1.66. The number of hydrogen-bond acceptors (Lipinski definition) is 3. The van der Waals surface area contributed by atoms with Crippen LogP contribution in [-0.2, 0) is 9.59 Å². The first-order chi connectivity index (χ1) is 11.3. The lowest BCUT2D eigenvalue weighted by atomic mass is 9.97. The van der Waals surface area contributed by atoms with E-state index in [-0.39, 0.29) is 11.5 Å². The Morgan fingerprint density at radius 3 is 2.42 bits per heavy atom. The topological polar surface area (TPSA) is 66.8 Å². The lowest BCUT2D eigenvalue weighted by molar-refractivity contribution is -0.274. The molecule has 0 aliphatic carbocycles. The fraction of sp³-hybridized carbons (Fsp3) is 0.375. The Bertz CT molecular complexity index is 634. The van der Waals surface area contributed by atoms with Crippen molar-refractivity contribution in [2.24, 2.45) is 5.92 Å². The summed E-state index contributed by atoms with van der Waals surface area (Å²) in [5, 5.41) is 8.92. The van der Waals surface area contributed by atoms with Crippen molar-refractivity contribution in [3.8, 4) is 5.75 Å². The van der Waals surface area contributed by atoms with Crippen molar-refractivity contribution in [1.82, 2.24) is 4.90 Å². The van der Waals surface area contributed by atoms with Gasteiger partial charge in [0.15, 0.2) is 0 Å². The lowest BCUT2D eigenvalue weighted by Crippen LogP contribution is -2.39. The van der Waals surface area contributed by atoms with Crippen molar-refractivity contribution in [3.63, 3.8) is 0 Å². The van der Waals surface area contributed by atoms with E-state index in [1.807, 2.05) is 0 Å². The Hall–Kier alpha value is -2.51. The molecule has 1 aromatic rings. The number of ether oxygens (including phenoxy) is 1. The maximum atomic E-state index is 12.3. The molecule has 130 valence electrons. The van der Waals surface area contributed by atoms with Crippen LogP contribution >= 0.6 is 0 Å². The van der Waals surface area contributed by atoms with E-state index in [2.05, 4.69) is 4.74 Å². The Balaban J connectivity index is 2.01. The van der Waals surface area contributed by atoms with Crippen molar-refractivity contribution in [1.29, 1.82) is 0 Å². The smallest absolute Gasteiger partial charge is 0.481 e. The van der Waals surface area contributed by atoms with Crippen molar-refractivity contribution in [3.05, 3.63) is 35.9 Å². The van der Waals surface area contributed by atoms with Gasteiger partial charge in [0.05, 0.1) is 5.92 Å². The van der Waals surface area contributed by atoms with Gasteiger partial charge in [-0.1, -0.05) is 18.2 Å². The first-order valence-electron chi connectivity index (χ1n) is 7.31. The maximum Gasteiger partial charge on any atom is 0.573 e. The standard InChI is InChI=1S/C16H16F3NO4/c17-16(18,19)24-13-4-2-1-3-11(13)5-6-14(21)20-9-7-12(8-10-20)15(22)23/h1-6,12H,7-10H2,(H,22,23)/b6-5+. The van der Waals surface area contributed by atoms with Gasteiger partial charge in [0.25, 0.3) is 0 Å². The molecule has 5 nitrogen and oxygen atoms in total. The Labute approximate surface area is 136 Å². The molecule has 24 heavy (non-hydrogen) atoms. The average Bonchev–Trinajstić information content (AvgIpc) is 2.52. The first-order valence-corrected chi connectivity index (χ1v) is 7.31. The highest BCUT2D eigenvalue weighted by Gasteiger charge is 2.31. The second-order valence-electron chi connectivity index (χ2n) is 5.36. The summed E-state index contributed by atoms with van der Waals surface area (Å²) in [5.41, 5.74) is 0.128. The third-order valence-electron chi connectivity index (χ3n) is 3.71. The molecule has 0 aromatic heterocycles. The molecule has 1 N–H and O–H groups in total. The molecule has 0 spiro atoms. The highest BCUT2D eigenvalue weighted by atomic mass is 19.4. The number of alkyl halides is 3. The van der Waals surface area contributed by atoms with Gasteiger partial charge in [-0.15, -0.1) is 13.2 Å². The molecule has 1 saturated heterocycles. The van der Waals surface area contributed by atoms with Crippen LogP contribution in [0.5, 0.6) is 5.75 Å². The van der Waals surface area contributed by atoms with Crippen molar-refractivity contribution < 1.29 is 32.6 Å². The molecule has 0 atom stereocenters. The summed E-state index contributed by atoms with van der Waals surface area (Å²) < 4.78 is 40.9. The van der Waals surface area contributed by atoms with E-state index in [9.17, 15) is 22.8 Å². The van der Waals surface area contributed by atoms with Crippen LogP contribution in [0.15, 0.2) is 30.3 Å². The molecule has 8 heteroatoms. The van der Waals surface area contributed by atoms with E-state index in [0.717, 1.165) is 6.07 Å². The summed E-state index contributed by atoms with van der Waals surface area (Å²) in [6, 6.07) is 5.50. The van der Waals surface area contributed by atoms with E-state index in [1.54, 1.807) is 0 Å². The van der Waals surface area contributed by atoms with Gasteiger partial charge in [0.1, 0.15) is 5.75 Å². The third-order valence-corrected chi connectivity index (χ3v) is 3.71. The number of carbonyl (C=O) groups excluding carboxylic acids is 1. The number of carboxylic acid groups (broad SMARTS) is 1. The third kappa shape index (κ3) is 5.00. The molecule has 0 bridgehead atoms. The molecule has 2 rings (SSSR count). The van der Waals surface area contributed by atoms with Gasteiger partial charge in [0, 0.05) is 24.7 Å². The summed E-state index contributed by atoms with van der Waals surface area (Å²) in [4.78, 5) is 24.4. The first kappa shape index (κ1) is 17.8. The Kier molecular flexibility index (Phi) is 5.48. The number of hydrogen-bond donors (Lipinski definition) is 1. The van der Waals surface area contributed by atoms with Crippen LogP contribution in [0.1, 0.15) is 18.4 Å². The molecule has 0 radical (unpaired) electrons. The largest absolute Gasteiger partial charge is 0.573 e. The van der Waals surface area contributed by atoms with E-state index in [4.69, 9.17) is 5.11 Å². The number of carboxylic acids is 1. The molecule has 1 heterocycles. The minimum Gasteiger partial charge on any atom is -0.481 e. The number of nitrogens with zero attached hydrogens (tertiary/aromatic N) is 1. The Morgan fingerprint density at radius 2 is 1.83 bits per heavy atom. The van der Waals surface area contributed by atoms with Gasteiger partial charge >= 0.3 is 12.3 Å². The number of halogens is 3. The van der Waals surface area contributed by atoms with Crippen LogP contribution in [-0.4, -0.2) is 41.3 Å². The molecular weight excluding hydrogens is 327 g/mol. The van der Waals surface area contributed by atoms with Gasteiger partial charge in [0.2, 0.25) is 5.91 Å². The number of amides is 1. The van der Waals surface area contributed by atoms with Gasteiger partial charge in [-0.25, -0.2) is 0 Å². The summed E-state index contributed by atoms with van der Waals surface area (Å²) in [5.74, 6) is -2.10. The number of benzene rings is 1. The van der Waals surface area contributed by atoms with E-state index >= 15 is 0 Å². The van der Waals surface area contributed by atoms with Crippen LogP contribution in [0, 0.1) is 5.92 Å². The van der Waals surface area contributed by atoms with E-state index in [0.29, 0.717) is 25.9 Å². The zero-order valence-corrected chi connectivity index (χ0v) is 12.6. The second-order valence-corrected chi connectivity index (χ2v) is 5.36. The van der Waals surface area contributed by atoms with Crippen LogP contribution in [0.25, 0.3) is 6.08 Å². The molecule has 1 aliphatic rings.